The Morgan fingerprint density at radius 3 is 2.66 bits per heavy atom. The molecule has 2 atom stereocenters. The van der Waals surface area contributed by atoms with Gasteiger partial charge in [-0.15, -0.1) is 0 Å². The lowest BCUT2D eigenvalue weighted by Gasteiger charge is -2.36. The number of aliphatic imine (C=N–C) groups is 1. The first-order valence-corrected chi connectivity index (χ1v) is 12.6. The number of benzene rings is 1. The number of fused-ring (bicyclic) bond motifs is 1. The number of hydrogen-bond donors (Lipinski definition) is 1. The summed E-state index contributed by atoms with van der Waals surface area (Å²) in [4.78, 5) is 15.0. The van der Waals surface area contributed by atoms with E-state index in [1.165, 1.54) is 44.7 Å². The minimum absolute atomic E-state index is 0.272. The maximum absolute atomic E-state index is 6.17. The quantitative estimate of drug-likeness (QED) is 0.375. The van der Waals surface area contributed by atoms with Gasteiger partial charge in [-0.2, -0.15) is 0 Å². The van der Waals surface area contributed by atoms with E-state index in [4.69, 9.17) is 9.73 Å². The molecule has 0 amide bonds. The monoisotopic (exact) mass is 442 g/mol. The van der Waals surface area contributed by atoms with Gasteiger partial charge in [-0.05, 0) is 38.9 Å². The molecule has 2 unspecified atom stereocenters. The normalized spacial score (nSPS) is 25.8. The van der Waals surface area contributed by atoms with Crippen molar-refractivity contribution >= 4 is 5.96 Å². The van der Waals surface area contributed by atoms with E-state index in [1.54, 1.807) is 0 Å². The van der Waals surface area contributed by atoms with E-state index >= 15 is 0 Å². The van der Waals surface area contributed by atoms with Crippen LogP contribution in [0.2, 0.25) is 0 Å². The maximum Gasteiger partial charge on any atom is 0.194 e. The number of morpholine rings is 1. The smallest absolute Gasteiger partial charge is 0.194 e. The Labute approximate surface area is 194 Å². The van der Waals surface area contributed by atoms with Crippen LogP contribution in [0.1, 0.15) is 25.3 Å². The highest BCUT2D eigenvalue weighted by molar-refractivity contribution is 5.80. The van der Waals surface area contributed by atoms with Crippen LogP contribution in [0.25, 0.3) is 0 Å². The van der Waals surface area contributed by atoms with Crippen molar-refractivity contribution in [3.8, 4) is 0 Å². The molecule has 3 aliphatic rings. The summed E-state index contributed by atoms with van der Waals surface area (Å²) in [6.45, 7) is 14.7. The van der Waals surface area contributed by atoms with Crippen LogP contribution in [0.5, 0.6) is 0 Å². The van der Waals surface area contributed by atoms with Crippen LogP contribution in [0.4, 0.5) is 0 Å². The second kappa shape index (κ2) is 12.0. The number of ether oxygens (including phenoxy) is 1. The highest BCUT2D eigenvalue weighted by Gasteiger charge is 2.41. The maximum atomic E-state index is 6.17. The van der Waals surface area contributed by atoms with Crippen molar-refractivity contribution in [1.29, 1.82) is 0 Å². The Balaban J connectivity index is 1.26. The van der Waals surface area contributed by atoms with E-state index in [-0.39, 0.29) is 6.10 Å². The molecule has 1 aromatic rings. The van der Waals surface area contributed by atoms with Crippen molar-refractivity contribution in [2.24, 2.45) is 4.99 Å². The predicted molar refractivity (Wildman–Crippen MR) is 131 cm³/mol. The molecule has 3 fully saturated rings. The van der Waals surface area contributed by atoms with Crippen LogP contribution in [-0.4, -0.2) is 117 Å². The van der Waals surface area contributed by atoms with Crippen LogP contribution in [0.15, 0.2) is 35.3 Å². The highest BCUT2D eigenvalue weighted by atomic mass is 16.5. The number of unbranched alkanes of at least 4 members (excludes halogenated alkanes) is 1. The topological polar surface area (TPSA) is 46.6 Å². The van der Waals surface area contributed by atoms with Crippen LogP contribution in [-0.2, 0) is 11.3 Å². The fourth-order valence-electron chi connectivity index (χ4n) is 5.07. The summed E-state index contributed by atoms with van der Waals surface area (Å²) >= 11 is 0. The van der Waals surface area contributed by atoms with Crippen molar-refractivity contribution in [2.75, 3.05) is 79.1 Å². The summed E-state index contributed by atoms with van der Waals surface area (Å²) in [5, 5.41) is 3.53. The first-order chi connectivity index (χ1) is 15.7. The molecule has 0 spiro atoms. The van der Waals surface area contributed by atoms with Gasteiger partial charge >= 0.3 is 0 Å². The lowest BCUT2D eigenvalue weighted by atomic mass is 10.1. The van der Waals surface area contributed by atoms with Gasteiger partial charge in [0.15, 0.2) is 5.96 Å². The predicted octanol–water partition coefficient (Wildman–Crippen LogP) is 1.56. The van der Waals surface area contributed by atoms with Gasteiger partial charge in [0.2, 0.25) is 0 Å². The van der Waals surface area contributed by atoms with Crippen LogP contribution < -0.4 is 5.32 Å². The lowest BCUT2D eigenvalue weighted by Crippen LogP contribution is -2.50. The van der Waals surface area contributed by atoms with E-state index in [9.17, 15) is 0 Å². The second-order valence-electron chi connectivity index (χ2n) is 9.43. The van der Waals surface area contributed by atoms with Crippen molar-refractivity contribution in [2.45, 2.75) is 38.5 Å². The second-order valence-corrected chi connectivity index (χ2v) is 9.43. The third kappa shape index (κ3) is 6.44. The van der Waals surface area contributed by atoms with Crippen LogP contribution in [0, 0.1) is 0 Å². The summed E-state index contributed by atoms with van der Waals surface area (Å²) < 4.78 is 6.17. The van der Waals surface area contributed by atoms with E-state index in [0.29, 0.717) is 6.04 Å². The van der Waals surface area contributed by atoms with Gasteiger partial charge < -0.3 is 24.8 Å². The molecule has 0 saturated carbocycles. The molecular formula is C25H42N6O. The summed E-state index contributed by atoms with van der Waals surface area (Å²) in [5.41, 5.74) is 1.38. The summed E-state index contributed by atoms with van der Waals surface area (Å²) in [6.07, 6.45) is 2.65. The molecule has 1 aromatic carbocycles. The van der Waals surface area contributed by atoms with Crippen LogP contribution >= 0.6 is 0 Å². The SMILES string of the molecule is CCNC(=NCCCCN1CCN(C)CC1)N1CC2OCCN(Cc3ccccc3)C2C1. The molecule has 0 radical (unpaired) electrons. The Kier molecular flexibility index (Phi) is 8.79. The standard InChI is InChI=1S/C25H42N6O/c1-3-26-25(27-11-7-8-12-29-15-13-28(2)14-16-29)31-20-23-24(21-31)32-18-17-30(23)19-22-9-5-4-6-10-22/h4-6,9-10,23-24H,3,7-8,11-21H2,1-2H3,(H,26,27). The molecule has 4 rings (SSSR count). The number of guanidine groups is 1. The van der Waals surface area contributed by atoms with E-state index in [0.717, 1.165) is 58.3 Å². The average molecular weight is 443 g/mol. The third-order valence-corrected chi connectivity index (χ3v) is 7.02. The number of likely N-dealkylation sites (tertiary alicyclic amines) is 1. The summed E-state index contributed by atoms with van der Waals surface area (Å²) in [6, 6.07) is 11.2. The highest BCUT2D eigenvalue weighted by Crippen LogP contribution is 2.24. The van der Waals surface area contributed by atoms with Gasteiger partial charge in [-0.25, -0.2) is 0 Å². The third-order valence-electron chi connectivity index (χ3n) is 7.02. The molecule has 0 aromatic heterocycles. The molecule has 3 heterocycles. The zero-order chi connectivity index (χ0) is 22.2. The van der Waals surface area contributed by atoms with Crippen molar-refractivity contribution < 1.29 is 4.74 Å². The Morgan fingerprint density at radius 2 is 1.88 bits per heavy atom. The first kappa shape index (κ1) is 23.5. The number of nitrogens with zero attached hydrogens (tertiary/aromatic N) is 5. The van der Waals surface area contributed by atoms with Crippen molar-refractivity contribution in [3.63, 3.8) is 0 Å². The molecule has 0 bridgehead atoms. The molecular weight excluding hydrogens is 400 g/mol. The van der Waals surface area contributed by atoms with E-state index in [1.807, 2.05) is 0 Å². The number of likely N-dealkylation sites (N-methyl/N-ethyl adjacent to an activating group) is 1. The lowest BCUT2D eigenvalue weighted by molar-refractivity contribution is -0.0502. The first-order valence-electron chi connectivity index (χ1n) is 12.6. The zero-order valence-corrected chi connectivity index (χ0v) is 20.1. The van der Waals surface area contributed by atoms with Gasteiger partial charge in [0.25, 0.3) is 0 Å². The Bertz CT molecular complexity index is 706. The molecule has 3 aliphatic heterocycles. The van der Waals surface area contributed by atoms with Gasteiger partial charge in [0, 0.05) is 65.4 Å². The minimum Gasteiger partial charge on any atom is -0.373 e. The van der Waals surface area contributed by atoms with Gasteiger partial charge in [0.1, 0.15) is 0 Å². The fraction of sp³-hybridized carbons (Fsp3) is 0.720. The number of piperazine rings is 1. The molecule has 32 heavy (non-hydrogen) atoms. The molecule has 3 saturated heterocycles. The van der Waals surface area contributed by atoms with E-state index in [2.05, 4.69) is 69.2 Å². The molecule has 7 nitrogen and oxygen atoms in total. The molecule has 0 aliphatic carbocycles. The molecule has 1 N–H and O–H groups in total. The van der Waals surface area contributed by atoms with Crippen molar-refractivity contribution in [1.82, 2.24) is 24.9 Å². The summed E-state index contributed by atoms with van der Waals surface area (Å²) in [5.74, 6) is 1.06. The molecule has 7 heteroatoms. The average Bonchev–Trinajstić information content (AvgIpc) is 3.25. The number of nitrogens with one attached hydrogen (secondary N) is 1. The minimum atomic E-state index is 0.272. The van der Waals surface area contributed by atoms with Gasteiger partial charge in [-0.3, -0.25) is 9.89 Å². The Hall–Kier alpha value is -1.67. The zero-order valence-electron chi connectivity index (χ0n) is 20.1. The largest absolute Gasteiger partial charge is 0.373 e. The molecule has 178 valence electrons. The van der Waals surface area contributed by atoms with E-state index < -0.39 is 0 Å². The Morgan fingerprint density at radius 1 is 1.06 bits per heavy atom. The number of rotatable bonds is 8. The fourth-order valence-corrected chi connectivity index (χ4v) is 5.07. The number of hydrogen-bond acceptors (Lipinski definition) is 5. The van der Waals surface area contributed by atoms with Gasteiger partial charge in [0.05, 0.1) is 18.8 Å². The van der Waals surface area contributed by atoms with Crippen LogP contribution in [0.3, 0.4) is 0 Å². The van der Waals surface area contributed by atoms with Crippen molar-refractivity contribution in [3.05, 3.63) is 35.9 Å². The van der Waals surface area contributed by atoms with Gasteiger partial charge in [-0.1, -0.05) is 30.3 Å². The summed E-state index contributed by atoms with van der Waals surface area (Å²) in [7, 11) is 2.22.